The molecule has 0 unspecified atom stereocenters. The largest absolute Gasteiger partial charge is 0.385 e. The van der Waals surface area contributed by atoms with Gasteiger partial charge in [0.25, 0.3) is 0 Å². The van der Waals surface area contributed by atoms with E-state index < -0.39 is 0 Å². The van der Waals surface area contributed by atoms with Crippen molar-refractivity contribution in [2.75, 3.05) is 38.7 Å². The standard InChI is InChI=1S/C24H32N4O/c1-17(2)18-10-11-21-20(15-18)24(27-23-9-5-4-8-22(23)26-21)28-13-12-25-19(16-28)7-6-14-29-3/h4-5,8-11,15,17,19,25-26H,6-7,12-14,16H2,1-3H3/t19-/m0/s1. The summed E-state index contributed by atoms with van der Waals surface area (Å²) in [6.07, 6.45) is 2.19. The molecule has 2 aliphatic heterocycles. The first-order chi connectivity index (χ1) is 14.2. The average Bonchev–Trinajstić information content (AvgIpc) is 2.90. The van der Waals surface area contributed by atoms with Crippen molar-refractivity contribution >= 4 is 22.9 Å². The number of amidine groups is 1. The van der Waals surface area contributed by atoms with Crippen LogP contribution in [0.4, 0.5) is 17.1 Å². The van der Waals surface area contributed by atoms with Crippen LogP contribution in [0.3, 0.4) is 0 Å². The van der Waals surface area contributed by atoms with Crippen LogP contribution in [0.1, 0.15) is 43.7 Å². The SMILES string of the molecule is COCCC[C@H]1CN(C2=Nc3ccccc3Nc3ccc(C(C)C)cc32)CCN1. The lowest BCUT2D eigenvalue weighted by Gasteiger charge is -2.36. The number of rotatable bonds is 5. The molecule has 2 aliphatic rings. The molecule has 0 aliphatic carbocycles. The van der Waals surface area contributed by atoms with Crippen molar-refractivity contribution < 1.29 is 4.74 Å². The van der Waals surface area contributed by atoms with Crippen LogP contribution >= 0.6 is 0 Å². The fourth-order valence-corrected chi connectivity index (χ4v) is 4.14. The molecular weight excluding hydrogens is 360 g/mol. The maximum Gasteiger partial charge on any atom is 0.138 e. The fraction of sp³-hybridized carbons (Fsp3) is 0.458. The number of hydrogen-bond donors (Lipinski definition) is 2. The third-order valence-corrected chi connectivity index (χ3v) is 5.81. The number of ether oxygens (including phenoxy) is 1. The maximum atomic E-state index is 5.24. The lowest BCUT2D eigenvalue weighted by atomic mass is 9.98. The summed E-state index contributed by atoms with van der Waals surface area (Å²) in [5.74, 6) is 1.56. The highest BCUT2D eigenvalue weighted by Gasteiger charge is 2.26. The van der Waals surface area contributed by atoms with E-state index in [-0.39, 0.29) is 0 Å². The Labute approximate surface area is 174 Å². The Morgan fingerprint density at radius 2 is 2.03 bits per heavy atom. The van der Waals surface area contributed by atoms with E-state index in [4.69, 9.17) is 9.73 Å². The van der Waals surface area contributed by atoms with Gasteiger partial charge >= 0.3 is 0 Å². The normalized spacial score (nSPS) is 18.6. The molecule has 0 amide bonds. The second-order valence-electron chi connectivity index (χ2n) is 8.27. The Hall–Kier alpha value is -2.37. The highest BCUT2D eigenvalue weighted by atomic mass is 16.5. The second-order valence-corrected chi connectivity index (χ2v) is 8.27. The van der Waals surface area contributed by atoms with Gasteiger partial charge < -0.3 is 20.3 Å². The minimum absolute atomic E-state index is 0.463. The highest BCUT2D eigenvalue weighted by Crippen LogP contribution is 2.36. The Morgan fingerprint density at radius 3 is 2.86 bits per heavy atom. The lowest BCUT2D eigenvalue weighted by Crippen LogP contribution is -2.52. The molecule has 0 bridgehead atoms. The van der Waals surface area contributed by atoms with Crippen LogP contribution in [-0.2, 0) is 4.74 Å². The zero-order valence-corrected chi connectivity index (χ0v) is 17.7. The number of aliphatic imine (C=N–C) groups is 1. The lowest BCUT2D eigenvalue weighted by molar-refractivity contribution is 0.182. The third-order valence-electron chi connectivity index (χ3n) is 5.81. The van der Waals surface area contributed by atoms with E-state index in [0.29, 0.717) is 12.0 Å². The smallest absolute Gasteiger partial charge is 0.138 e. The Kier molecular flexibility index (Phi) is 6.16. The van der Waals surface area contributed by atoms with Crippen LogP contribution in [0, 0.1) is 0 Å². The van der Waals surface area contributed by atoms with Crippen LogP contribution in [0.15, 0.2) is 47.5 Å². The molecule has 1 atom stereocenters. The number of hydrogen-bond acceptors (Lipinski definition) is 5. The summed E-state index contributed by atoms with van der Waals surface area (Å²) < 4.78 is 5.24. The summed E-state index contributed by atoms with van der Waals surface area (Å²) in [7, 11) is 1.77. The summed E-state index contributed by atoms with van der Waals surface area (Å²) in [5.41, 5.74) is 5.74. The van der Waals surface area contributed by atoms with Crippen LogP contribution in [0.25, 0.3) is 0 Å². The Morgan fingerprint density at radius 1 is 1.17 bits per heavy atom. The molecule has 29 heavy (non-hydrogen) atoms. The first-order valence-electron chi connectivity index (χ1n) is 10.7. The second kappa shape index (κ2) is 8.97. The van der Waals surface area contributed by atoms with Crippen LogP contribution in [0.2, 0.25) is 0 Å². The number of fused-ring (bicyclic) bond motifs is 2. The summed E-state index contributed by atoms with van der Waals surface area (Å²) in [5, 5.41) is 7.29. The summed E-state index contributed by atoms with van der Waals surface area (Å²) >= 11 is 0. The zero-order chi connectivity index (χ0) is 20.2. The van der Waals surface area contributed by atoms with E-state index >= 15 is 0 Å². The number of methoxy groups -OCH3 is 1. The Balaban J connectivity index is 1.70. The minimum atomic E-state index is 0.463. The number of piperazine rings is 1. The predicted octanol–water partition coefficient (Wildman–Crippen LogP) is 4.65. The quantitative estimate of drug-likeness (QED) is 0.728. The number of nitrogens with zero attached hydrogens (tertiary/aromatic N) is 2. The van der Waals surface area contributed by atoms with Crippen molar-refractivity contribution in [3.05, 3.63) is 53.6 Å². The molecule has 2 heterocycles. The number of benzene rings is 2. The van der Waals surface area contributed by atoms with Crippen molar-refractivity contribution in [3.63, 3.8) is 0 Å². The van der Waals surface area contributed by atoms with E-state index in [9.17, 15) is 0 Å². The van der Waals surface area contributed by atoms with Crippen molar-refractivity contribution in [2.24, 2.45) is 4.99 Å². The van der Waals surface area contributed by atoms with Gasteiger partial charge in [-0.05, 0) is 48.6 Å². The highest BCUT2D eigenvalue weighted by molar-refractivity contribution is 6.08. The predicted molar refractivity (Wildman–Crippen MR) is 121 cm³/mol. The molecule has 1 fully saturated rings. The van der Waals surface area contributed by atoms with Crippen molar-refractivity contribution in [1.29, 1.82) is 0 Å². The monoisotopic (exact) mass is 392 g/mol. The summed E-state index contributed by atoms with van der Waals surface area (Å²) in [6.45, 7) is 8.22. The van der Waals surface area contributed by atoms with Gasteiger partial charge in [-0.15, -0.1) is 0 Å². The molecular formula is C24H32N4O. The molecule has 154 valence electrons. The topological polar surface area (TPSA) is 48.9 Å². The van der Waals surface area contributed by atoms with Gasteiger partial charge in [-0.1, -0.05) is 32.0 Å². The molecule has 0 spiro atoms. The van der Waals surface area contributed by atoms with Gasteiger partial charge in [0.2, 0.25) is 0 Å². The van der Waals surface area contributed by atoms with Gasteiger partial charge in [0.05, 0.1) is 11.4 Å². The zero-order valence-electron chi connectivity index (χ0n) is 17.7. The van der Waals surface area contributed by atoms with Crippen molar-refractivity contribution in [3.8, 4) is 0 Å². The van der Waals surface area contributed by atoms with E-state index in [2.05, 4.69) is 71.8 Å². The van der Waals surface area contributed by atoms with Crippen LogP contribution < -0.4 is 10.6 Å². The van der Waals surface area contributed by atoms with Gasteiger partial charge in [0.1, 0.15) is 5.84 Å². The molecule has 5 heteroatoms. The van der Waals surface area contributed by atoms with Crippen molar-refractivity contribution in [1.82, 2.24) is 10.2 Å². The minimum Gasteiger partial charge on any atom is -0.385 e. The molecule has 2 aromatic carbocycles. The first-order valence-corrected chi connectivity index (χ1v) is 10.7. The van der Waals surface area contributed by atoms with E-state index in [1.54, 1.807) is 7.11 Å². The molecule has 1 saturated heterocycles. The van der Waals surface area contributed by atoms with Crippen molar-refractivity contribution in [2.45, 2.75) is 38.6 Å². The summed E-state index contributed by atoms with van der Waals surface area (Å²) in [4.78, 5) is 7.62. The molecule has 5 nitrogen and oxygen atoms in total. The van der Waals surface area contributed by atoms with Gasteiger partial charge in [-0.3, -0.25) is 0 Å². The third kappa shape index (κ3) is 4.46. The fourth-order valence-electron chi connectivity index (χ4n) is 4.14. The average molecular weight is 393 g/mol. The molecule has 0 aromatic heterocycles. The first kappa shape index (κ1) is 19.9. The van der Waals surface area contributed by atoms with Gasteiger partial charge in [0, 0.05) is 50.6 Å². The number of nitrogens with one attached hydrogen (secondary N) is 2. The molecule has 0 radical (unpaired) electrons. The Bertz CT molecular complexity index is 877. The molecule has 2 aromatic rings. The van der Waals surface area contributed by atoms with E-state index in [1.165, 1.54) is 11.1 Å². The van der Waals surface area contributed by atoms with Gasteiger partial charge in [-0.2, -0.15) is 0 Å². The number of para-hydroxylation sites is 2. The van der Waals surface area contributed by atoms with Gasteiger partial charge in [0.15, 0.2) is 0 Å². The summed E-state index contributed by atoms with van der Waals surface area (Å²) in [6, 6.07) is 15.5. The maximum absolute atomic E-state index is 5.24. The molecule has 0 saturated carbocycles. The van der Waals surface area contributed by atoms with E-state index in [0.717, 1.165) is 62.0 Å². The van der Waals surface area contributed by atoms with Gasteiger partial charge in [-0.25, -0.2) is 4.99 Å². The van der Waals surface area contributed by atoms with Crippen LogP contribution in [-0.4, -0.2) is 50.1 Å². The number of anilines is 2. The molecule has 4 rings (SSSR count). The van der Waals surface area contributed by atoms with E-state index in [1.807, 2.05) is 0 Å². The molecule has 2 N–H and O–H groups in total. The van der Waals surface area contributed by atoms with Crippen LogP contribution in [0.5, 0.6) is 0 Å².